The third-order valence-electron chi connectivity index (χ3n) is 4.02. The molecule has 1 aliphatic heterocycles. The van der Waals surface area contributed by atoms with E-state index in [1.54, 1.807) is 18.2 Å². The Balaban J connectivity index is 2.41. The van der Waals surface area contributed by atoms with Gasteiger partial charge in [-0.1, -0.05) is 13.8 Å². The van der Waals surface area contributed by atoms with Crippen LogP contribution in [0.25, 0.3) is 0 Å². The second-order valence-corrected chi connectivity index (χ2v) is 8.85. The largest absolute Gasteiger partial charge is 0.397 e. The van der Waals surface area contributed by atoms with Gasteiger partial charge < -0.3 is 10.6 Å². The maximum absolute atomic E-state index is 12.3. The summed E-state index contributed by atoms with van der Waals surface area (Å²) in [6.07, 6.45) is 2.27. The number of nitrogens with zero attached hydrogens (tertiary/aromatic N) is 2. The van der Waals surface area contributed by atoms with Gasteiger partial charge in [-0.3, -0.25) is 0 Å². The molecular formula is C15H25N3O2S. The molecule has 0 unspecified atom stereocenters. The predicted octanol–water partition coefficient (Wildman–Crippen LogP) is 2.15. The molecule has 2 N–H and O–H groups in total. The van der Waals surface area contributed by atoms with Crippen LogP contribution in [-0.2, 0) is 10.0 Å². The quantitative estimate of drug-likeness (QED) is 0.869. The lowest BCUT2D eigenvalue weighted by Crippen LogP contribution is -2.40. The summed E-state index contributed by atoms with van der Waals surface area (Å²) in [6.45, 7) is 6.27. The fourth-order valence-electron chi connectivity index (χ4n) is 2.80. The van der Waals surface area contributed by atoms with Crippen molar-refractivity contribution < 1.29 is 8.42 Å². The molecule has 118 valence electrons. The van der Waals surface area contributed by atoms with Crippen LogP contribution in [0.4, 0.5) is 11.4 Å². The first-order valence-corrected chi connectivity index (χ1v) is 8.64. The molecule has 0 bridgehead atoms. The summed E-state index contributed by atoms with van der Waals surface area (Å²) in [6, 6.07) is 4.96. The van der Waals surface area contributed by atoms with E-state index in [1.165, 1.54) is 24.8 Å². The molecule has 0 aliphatic carbocycles. The lowest BCUT2D eigenvalue weighted by atomic mass is 9.84. The Bertz CT molecular complexity index is 624. The fraction of sp³-hybridized carbons (Fsp3) is 0.600. The van der Waals surface area contributed by atoms with Crippen LogP contribution in [-0.4, -0.2) is 39.9 Å². The molecule has 0 saturated carbocycles. The first kappa shape index (κ1) is 16.1. The highest BCUT2D eigenvalue weighted by atomic mass is 32.2. The van der Waals surface area contributed by atoms with E-state index < -0.39 is 10.0 Å². The summed E-state index contributed by atoms with van der Waals surface area (Å²) in [5.74, 6) is 0. The summed E-state index contributed by atoms with van der Waals surface area (Å²) >= 11 is 0. The average Bonchev–Trinajstić information content (AvgIpc) is 2.37. The van der Waals surface area contributed by atoms with Gasteiger partial charge in [0.05, 0.1) is 16.3 Å². The first-order valence-electron chi connectivity index (χ1n) is 7.20. The second-order valence-electron chi connectivity index (χ2n) is 6.70. The van der Waals surface area contributed by atoms with Gasteiger partial charge in [-0.25, -0.2) is 12.7 Å². The van der Waals surface area contributed by atoms with Gasteiger partial charge in [-0.15, -0.1) is 0 Å². The number of piperidine rings is 1. The Morgan fingerprint density at radius 3 is 2.52 bits per heavy atom. The molecule has 1 aromatic rings. The molecule has 1 aromatic carbocycles. The number of rotatable bonds is 3. The molecule has 5 nitrogen and oxygen atoms in total. The van der Waals surface area contributed by atoms with Crippen LogP contribution in [0.3, 0.4) is 0 Å². The summed E-state index contributed by atoms with van der Waals surface area (Å²) in [4.78, 5) is 2.49. The smallest absolute Gasteiger partial charge is 0.242 e. The van der Waals surface area contributed by atoms with Crippen molar-refractivity contribution in [1.29, 1.82) is 0 Å². The van der Waals surface area contributed by atoms with Crippen molar-refractivity contribution >= 4 is 21.4 Å². The van der Waals surface area contributed by atoms with Crippen molar-refractivity contribution in [1.82, 2.24) is 4.31 Å². The number of benzene rings is 1. The minimum Gasteiger partial charge on any atom is -0.397 e. The van der Waals surface area contributed by atoms with E-state index in [4.69, 9.17) is 5.73 Å². The normalized spacial score (nSPS) is 19.0. The molecular weight excluding hydrogens is 286 g/mol. The van der Waals surface area contributed by atoms with E-state index in [1.807, 2.05) is 0 Å². The Labute approximate surface area is 127 Å². The number of nitrogen functional groups attached to an aromatic ring is 1. The highest BCUT2D eigenvalue weighted by Crippen LogP contribution is 2.35. The third kappa shape index (κ3) is 3.32. The topological polar surface area (TPSA) is 66.6 Å². The highest BCUT2D eigenvalue weighted by molar-refractivity contribution is 7.89. The molecule has 0 amide bonds. The van der Waals surface area contributed by atoms with Crippen molar-refractivity contribution in [3.63, 3.8) is 0 Å². The van der Waals surface area contributed by atoms with Crippen LogP contribution < -0.4 is 10.6 Å². The van der Waals surface area contributed by atoms with Gasteiger partial charge in [0.15, 0.2) is 0 Å². The Kier molecular flexibility index (Phi) is 4.22. The van der Waals surface area contributed by atoms with Crippen molar-refractivity contribution in [2.24, 2.45) is 5.41 Å². The summed E-state index contributed by atoms with van der Waals surface area (Å²) in [7, 11) is -0.358. The molecule has 0 atom stereocenters. The number of anilines is 2. The molecule has 1 aliphatic rings. The van der Waals surface area contributed by atoms with Gasteiger partial charge in [0.25, 0.3) is 0 Å². The number of sulfonamides is 1. The van der Waals surface area contributed by atoms with Gasteiger partial charge in [0.2, 0.25) is 10.0 Å². The van der Waals surface area contributed by atoms with E-state index >= 15 is 0 Å². The first-order chi connectivity index (χ1) is 9.63. The molecule has 0 aromatic heterocycles. The summed E-state index contributed by atoms with van der Waals surface area (Å²) in [5, 5.41) is 0. The van der Waals surface area contributed by atoms with E-state index in [0.29, 0.717) is 10.6 Å². The summed E-state index contributed by atoms with van der Waals surface area (Å²) < 4.78 is 25.8. The lowest BCUT2D eigenvalue weighted by Gasteiger charge is -2.40. The molecule has 1 fully saturated rings. The molecule has 1 heterocycles. The molecule has 2 rings (SSSR count). The van der Waals surface area contributed by atoms with Crippen molar-refractivity contribution in [3.05, 3.63) is 18.2 Å². The second kappa shape index (κ2) is 5.50. The fourth-order valence-corrected chi connectivity index (χ4v) is 3.72. The van der Waals surface area contributed by atoms with Crippen LogP contribution >= 0.6 is 0 Å². The highest BCUT2D eigenvalue weighted by Gasteiger charge is 2.28. The molecule has 0 radical (unpaired) electrons. The monoisotopic (exact) mass is 311 g/mol. The van der Waals surface area contributed by atoms with Crippen LogP contribution in [0.1, 0.15) is 26.7 Å². The van der Waals surface area contributed by atoms with Crippen LogP contribution in [0.2, 0.25) is 0 Å². The van der Waals surface area contributed by atoms with Crippen LogP contribution in [0.5, 0.6) is 0 Å². The zero-order chi connectivity index (χ0) is 15.8. The summed E-state index contributed by atoms with van der Waals surface area (Å²) in [5.41, 5.74) is 7.76. The molecule has 6 heteroatoms. The number of nitrogens with two attached hydrogens (primary N) is 1. The molecule has 21 heavy (non-hydrogen) atoms. The van der Waals surface area contributed by atoms with Gasteiger partial charge >= 0.3 is 0 Å². The van der Waals surface area contributed by atoms with E-state index in [9.17, 15) is 8.42 Å². The van der Waals surface area contributed by atoms with Gasteiger partial charge in [-0.05, 0) is 36.5 Å². The maximum atomic E-state index is 12.3. The van der Waals surface area contributed by atoms with Crippen molar-refractivity contribution in [2.75, 3.05) is 37.8 Å². The minimum atomic E-state index is -3.43. The average molecular weight is 311 g/mol. The van der Waals surface area contributed by atoms with Gasteiger partial charge in [0, 0.05) is 27.2 Å². The Morgan fingerprint density at radius 2 is 1.95 bits per heavy atom. The predicted molar refractivity (Wildman–Crippen MR) is 87.0 cm³/mol. The zero-order valence-corrected chi connectivity index (χ0v) is 14.1. The van der Waals surface area contributed by atoms with E-state index in [-0.39, 0.29) is 5.41 Å². The lowest BCUT2D eigenvalue weighted by molar-refractivity contribution is 0.293. The zero-order valence-electron chi connectivity index (χ0n) is 13.3. The van der Waals surface area contributed by atoms with Gasteiger partial charge in [0.1, 0.15) is 0 Å². The van der Waals surface area contributed by atoms with Crippen molar-refractivity contribution in [3.8, 4) is 0 Å². The van der Waals surface area contributed by atoms with Crippen molar-refractivity contribution in [2.45, 2.75) is 31.6 Å². The third-order valence-corrected chi connectivity index (χ3v) is 5.83. The Morgan fingerprint density at radius 1 is 1.29 bits per heavy atom. The van der Waals surface area contributed by atoms with Crippen LogP contribution in [0, 0.1) is 5.41 Å². The minimum absolute atomic E-state index is 0.223. The standard InChI is InChI=1S/C15H25N3O2S/c1-15(2)8-5-9-18(11-15)14-10-12(6-7-13(14)16)21(19,20)17(3)4/h6-7,10H,5,8-9,11,16H2,1-4H3. The SMILES string of the molecule is CN(C)S(=O)(=O)c1ccc(N)c(N2CCCC(C)(C)C2)c1. The maximum Gasteiger partial charge on any atom is 0.242 e. The van der Waals surface area contributed by atoms with Gasteiger partial charge in [-0.2, -0.15) is 0 Å². The Hall–Kier alpha value is -1.27. The van der Waals surface area contributed by atoms with E-state index in [0.717, 1.165) is 25.2 Å². The molecule has 0 spiro atoms. The number of hydrogen-bond donors (Lipinski definition) is 1. The van der Waals surface area contributed by atoms with E-state index in [2.05, 4.69) is 18.7 Å². The number of hydrogen-bond acceptors (Lipinski definition) is 4. The van der Waals surface area contributed by atoms with Crippen LogP contribution in [0.15, 0.2) is 23.1 Å². The molecule has 1 saturated heterocycles.